The molecule has 0 unspecified atom stereocenters. The number of halogens is 3. The Hall–Kier alpha value is -1.57. The molecule has 0 aliphatic heterocycles. The van der Waals surface area contributed by atoms with Crippen molar-refractivity contribution in [3.05, 3.63) is 57.3 Å². The first-order valence-corrected chi connectivity index (χ1v) is 6.19. The average molecular weight is 326 g/mol. The Bertz CT molecular complexity index is 637. The van der Waals surface area contributed by atoms with Crippen LogP contribution in [0.4, 0.5) is 15.8 Å². The molecule has 0 fully saturated rings. The van der Waals surface area contributed by atoms with Crippen LogP contribution in [0.3, 0.4) is 0 Å². The summed E-state index contributed by atoms with van der Waals surface area (Å²) in [4.78, 5) is 0. The van der Waals surface area contributed by atoms with E-state index in [1.165, 1.54) is 6.07 Å². The van der Waals surface area contributed by atoms with Gasteiger partial charge < -0.3 is 5.32 Å². The lowest BCUT2D eigenvalue weighted by molar-refractivity contribution is 0.621. The fraction of sp³-hybridized carbons (Fsp3) is 0. The molecule has 5 heteroatoms. The van der Waals surface area contributed by atoms with Crippen molar-refractivity contribution in [2.75, 3.05) is 5.32 Å². The van der Waals surface area contributed by atoms with E-state index in [0.717, 1.165) is 0 Å². The van der Waals surface area contributed by atoms with Crippen LogP contribution in [-0.2, 0) is 0 Å². The maximum Gasteiger partial charge on any atom is 0.137 e. The molecule has 18 heavy (non-hydrogen) atoms. The summed E-state index contributed by atoms with van der Waals surface area (Å²) in [6.07, 6.45) is 0. The Morgan fingerprint density at radius 1 is 1.22 bits per heavy atom. The minimum Gasteiger partial charge on any atom is -0.354 e. The summed E-state index contributed by atoms with van der Waals surface area (Å²) in [6.45, 7) is 0. The number of benzene rings is 2. The summed E-state index contributed by atoms with van der Waals surface area (Å²) >= 11 is 8.98. The number of hydrogen-bond donors (Lipinski definition) is 1. The van der Waals surface area contributed by atoms with Crippen molar-refractivity contribution >= 4 is 38.9 Å². The van der Waals surface area contributed by atoms with Crippen molar-refractivity contribution in [1.29, 1.82) is 5.26 Å². The molecule has 0 bridgehead atoms. The molecule has 0 aromatic heterocycles. The molecular weight excluding hydrogens is 319 g/mol. The number of nitriles is 1. The third-order valence-electron chi connectivity index (χ3n) is 2.30. The fourth-order valence-corrected chi connectivity index (χ4v) is 2.00. The molecule has 1 N–H and O–H groups in total. The average Bonchev–Trinajstić information content (AvgIpc) is 2.34. The van der Waals surface area contributed by atoms with E-state index in [9.17, 15) is 4.39 Å². The molecule has 2 aromatic rings. The second-order valence-corrected chi connectivity index (χ2v) is 4.85. The Balaban J connectivity index is 2.36. The molecule has 0 aliphatic rings. The molecule has 2 aromatic carbocycles. The summed E-state index contributed by atoms with van der Waals surface area (Å²) in [7, 11) is 0. The highest BCUT2D eigenvalue weighted by molar-refractivity contribution is 9.10. The molecule has 0 atom stereocenters. The van der Waals surface area contributed by atoms with Gasteiger partial charge in [-0.1, -0.05) is 11.6 Å². The number of nitrogens with zero attached hydrogens (tertiary/aromatic N) is 1. The molecule has 2 nitrogen and oxygen atoms in total. The Labute approximate surface area is 117 Å². The van der Waals surface area contributed by atoms with Gasteiger partial charge in [0.15, 0.2) is 0 Å². The van der Waals surface area contributed by atoms with Crippen molar-refractivity contribution in [2.24, 2.45) is 0 Å². The van der Waals surface area contributed by atoms with Gasteiger partial charge in [-0.2, -0.15) is 5.26 Å². The second-order valence-electron chi connectivity index (χ2n) is 3.56. The van der Waals surface area contributed by atoms with Gasteiger partial charge in [0, 0.05) is 10.7 Å². The monoisotopic (exact) mass is 324 g/mol. The molecule has 0 spiro atoms. The molecule has 0 saturated carbocycles. The Morgan fingerprint density at radius 3 is 2.67 bits per heavy atom. The van der Waals surface area contributed by atoms with E-state index < -0.39 is 0 Å². The van der Waals surface area contributed by atoms with Crippen LogP contribution in [0.15, 0.2) is 40.9 Å². The van der Waals surface area contributed by atoms with Gasteiger partial charge in [-0.05, 0) is 52.3 Å². The Kier molecular flexibility index (Phi) is 3.85. The van der Waals surface area contributed by atoms with E-state index in [4.69, 9.17) is 16.9 Å². The molecule has 0 amide bonds. The van der Waals surface area contributed by atoms with E-state index in [-0.39, 0.29) is 5.82 Å². The van der Waals surface area contributed by atoms with Crippen LogP contribution in [0.2, 0.25) is 5.02 Å². The van der Waals surface area contributed by atoms with Crippen LogP contribution in [0.1, 0.15) is 5.56 Å². The summed E-state index contributed by atoms with van der Waals surface area (Å²) in [5, 5.41) is 12.5. The number of rotatable bonds is 2. The van der Waals surface area contributed by atoms with E-state index in [1.807, 2.05) is 0 Å². The van der Waals surface area contributed by atoms with E-state index >= 15 is 0 Å². The van der Waals surface area contributed by atoms with Crippen LogP contribution in [0.25, 0.3) is 0 Å². The minimum atomic E-state index is -0.341. The molecule has 90 valence electrons. The third-order valence-corrected chi connectivity index (χ3v) is 3.14. The quantitative estimate of drug-likeness (QED) is 0.856. The van der Waals surface area contributed by atoms with Crippen molar-refractivity contribution in [3.8, 4) is 6.07 Å². The summed E-state index contributed by atoms with van der Waals surface area (Å²) in [5.41, 5.74) is 1.73. The molecule has 0 aliphatic carbocycles. The zero-order valence-corrected chi connectivity index (χ0v) is 11.4. The fourth-order valence-electron chi connectivity index (χ4n) is 1.45. The van der Waals surface area contributed by atoms with Gasteiger partial charge in [0.05, 0.1) is 15.7 Å². The van der Waals surface area contributed by atoms with Gasteiger partial charge in [0.2, 0.25) is 0 Å². The topological polar surface area (TPSA) is 35.8 Å². The van der Waals surface area contributed by atoms with E-state index in [0.29, 0.717) is 26.4 Å². The lowest BCUT2D eigenvalue weighted by Gasteiger charge is -2.09. The SMILES string of the molecule is N#Cc1ccc(Cl)cc1Nc1ccc(F)c(Br)c1. The normalized spacial score (nSPS) is 9.89. The summed E-state index contributed by atoms with van der Waals surface area (Å²) in [6, 6.07) is 11.5. The van der Waals surface area contributed by atoms with Crippen molar-refractivity contribution < 1.29 is 4.39 Å². The van der Waals surface area contributed by atoms with Gasteiger partial charge in [-0.3, -0.25) is 0 Å². The van der Waals surface area contributed by atoms with Crippen LogP contribution in [0, 0.1) is 17.1 Å². The van der Waals surface area contributed by atoms with Crippen LogP contribution in [-0.4, -0.2) is 0 Å². The largest absolute Gasteiger partial charge is 0.354 e. The summed E-state index contributed by atoms with van der Waals surface area (Å²) in [5.74, 6) is -0.341. The van der Waals surface area contributed by atoms with Crippen molar-refractivity contribution in [3.63, 3.8) is 0 Å². The standard InChI is InChI=1S/C13H7BrClFN2/c14-11-6-10(3-4-12(11)16)18-13-5-9(15)2-1-8(13)7-17/h1-6,18H. The van der Waals surface area contributed by atoms with Gasteiger partial charge in [0.25, 0.3) is 0 Å². The van der Waals surface area contributed by atoms with E-state index in [1.54, 1.807) is 30.3 Å². The zero-order chi connectivity index (χ0) is 13.1. The van der Waals surface area contributed by atoms with E-state index in [2.05, 4.69) is 27.3 Å². The smallest absolute Gasteiger partial charge is 0.137 e. The lowest BCUT2D eigenvalue weighted by Crippen LogP contribution is -1.94. The third kappa shape index (κ3) is 2.81. The lowest BCUT2D eigenvalue weighted by atomic mass is 10.2. The zero-order valence-electron chi connectivity index (χ0n) is 9.05. The van der Waals surface area contributed by atoms with Gasteiger partial charge >= 0.3 is 0 Å². The maximum atomic E-state index is 13.1. The second kappa shape index (κ2) is 5.38. The first-order valence-electron chi connectivity index (χ1n) is 5.02. The first-order chi connectivity index (χ1) is 8.60. The van der Waals surface area contributed by atoms with Crippen LogP contribution >= 0.6 is 27.5 Å². The van der Waals surface area contributed by atoms with Gasteiger partial charge in [-0.15, -0.1) is 0 Å². The van der Waals surface area contributed by atoms with Crippen molar-refractivity contribution in [1.82, 2.24) is 0 Å². The number of nitrogens with one attached hydrogen (secondary N) is 1. The Morgan fingerprint density at radius 2 is 2.00 bits per heavy atom. The highest BCUT2D eigenvalue weighted by Crippen LogP contribution is 2.26. The summed E-state index contributed by atoms with van der Waals surface area (Å²) < 4.78 is 13.5. The minimum absolute atomic E-state index is 0.341. The van der Waals surface area contributed by atoms with Crippen LogP contribution in [0.5, 0.6) is 0 Å². The molecule has 0 saturated heterocycles. The number of hydrogen-bond acceptors (Lipinski definition) is 2. The highest BCUT2D eigenvalue weighted by atomic mass is 79.9. The van der Waals surface area contributed by atoms with Gasteiger partial charge in [0.1, 0.15) is 11.9 Å². The maximum absolute atomic E-state index is 13.1. The predicted molar refractivity (Wildman–Crippen MR) is 73.5 cm³/mol. The molecule has 0 radical (unpaired) electrons. The molecular formula is C13H7BrClFN2. The number of anilines is 2. The predicted octanol–water partition coefficient (Wildman–Crippen LogP) is 4.86. The molecule has 0 heterocycles. The van der Waals surface area contributed by atoms with Crippen molar-refractivity contribution in [2.45, 2.75) is 0 Å². The highest BCUT2D eigenvalue weighted by Gasteiger charge is 2.05. The first kappa shape index (κ1) is 12.9. The van der Waals surface area contributed by atoms with Crippen LogP contribution < -0.4 is 5.32 Å². The van der Waals surface area contributed by atoms with Gasteiger partial charge in [-0.25, -0.2) is 4.39 Å². The molecule has 2 rings (SSSR count).